The third kappa shape index (κ3) is 2.60. The van der Waals surface area contributed by atoms with E-state index in [9.17, 15) is 4.39 Å². The van der Waals surface area contributed by atoms with Gasteiger partial charge in [0.05, 0.1) is 0 Å². The van der Waals surface area contributed by atoms with Crippen LogP contribution in [0.3, 0.4) is 0 Å². The van der Waals surface area contributed by atoms with Crippen LogP contribution in [0.5, 0.6) is 0 Å². The van der Waals surface area contributed by atoms with Crippen molar-refractivity contribution in [3.8, 4) is 11.4 Å². The second-order valence-corrected chi connectivity index (χ2v) is 6.40. The number of hydrogen-bond donors (Lipinski definition) is 0. The normalized spacial score (nSPS) is 11.2. The summed E-state index contributed by atoms with van der Waals surface area (Å²) in [6.07, 6.45) is 0.327. The number of aromatic nitrogens is 4. The molecule has 4 nitrogen and oxygen atoms in total. The van der Waals surface area contributed by atoms with Crippen LogP contribution in [-0.2, 0) is 6.42 Å². The molecule has 0 aliphatic carbocycles. The van der Waals surface area contributed by atoms with Gasteiger partial charge in [-0.3, -0.25) is 0 Å². The van der Waals surface area contributed by atoms with Crippen molar-refractivity contribution in [2.45, 2.75) is 6.42 Å². The molecule has 2 heterocycles. The number of fused-ring (bicyclic) bond motifs is 1. The smallest absolute Gasteiger partial charge is 0.207 e. The van der Waals surface area contributed by atoms with E-state index in [1.807, 2.05) is 30.3 Å². The van der Waals surface area contributed by atoms with E-state index in [1.54, 1.807) is 16.6 Å². The highest BCUT2D eigenvalue weighted by Gasteiger charge is 2.15. The maximum Gasteiger partial charge on any atom is 0.234 e. The first-order valence-electron chi connectivity index (χ1n) is 6.92. The molecule has 0 saturated heterocycles. The molecule has 7 heteroatoms. The summed E-state index contributed by atoms with van der Waals surface area (Å²) in [7, 11) is 0. The van der Waals surface area contributed by atoms with E-state index >= 15 is 0 Å². The molecule has 114 valence electrons. The summed E-state index contributed by atoms with van der Waals surface area (Å²) >= 11 is 7.46. The average Bonchev–Trinajstić information content (AvgIpc) is 3.12. The van der Waals surface area contributed by atoms with Gasteiger partial charge in [0.15, 0.2) is 5.82 Å². The van der Waals surface area contributed by atoms with E-state index in [0.29, 0.717) is 27.8 Å². The van der Waals surface area contributed by atoms with E-state index in [0.717, 1.165) is 10.6 Å². The Balaban J connectivity index is 1.75. The van der Waals surface area contributed by atoms with Gasteiger partial charge in [0, 0.05) is 22.6 Å². The fourth-order valence-electron chi connectivity index (χ4n) is 2.35. The van der Waals surface area contributed by atoms with Gasteiger partial charge in [-0.15, -0.1) is 10.2 Å². The van der Waals surface area contributed by atoms with Crippen molar-refractivity contribution in [1.82, 2.24) is 19.8 Å². The maximum absolute atomic E-state index is 13.9. The van der Waals surface area contributed by atoms with Crippen LogP contribution in [0.2, 0.25) is 5.02 Å². The lowest BCUT2D eigenvalue weighted by Crippen LogP contribution is -1.96. The molecule has 0 aliphatic rings. The van der Waals surface area contributed by atoms with Crippen molar-refractivity contribution >= 4 is 27.9 Å². The average molecular weight is 345 g/mol. The number of halogens is 2. The molecular weight excluding hydrogens is 335 g/mol. The summed E-state index contributed by atoms with van der Waals surface area (Å²) in [5.41, 5.74) is 1.38. The second kappa shape index (κ2) is 5.72. The summed E-state index contributed by atoms with van der Waals surface area (Å²) in [5.74, 6) is 0.342. The largest absolute Gasteiger partial charge is 0.234 e. The minimum absolute atomic E-state index is 0.327. The quantitative estimate of drug-likeness (QED) is 0.558. The Bertz CT molecular complexity index is 960. The molecule has 0 N–H and O–H groups in total. The molecule has 4 rings (SSSR count). The standard InChI is InChI=1S/C16H10ClFN4S/c17-12-7-4-8-13(18)11(12)9-14-21-22-15(19-20-16(22)23-14)10-5-2-1-3-6-10/h1-8H,9H2. The van der Waals surface area contributed by atoms with Gasteiger partial charge in [-0.2, -0.15) is 9.61 Å². The van der Waals surface area contributed by atoms with Crippen molar-refractivity contribution in [2.75, 3.05) is 0 Å². The van der Waals surface area contributed by atoms with Gasteiger partial charge >= 0.3 is 0 Å². The van der Waals surface area contributed by atoms with Crippen molar-refractivity contribution in [3.05, 3.63) is 69.9 Å². The number of benzene rings is 2. The number of hydrogen-bond acceptors (Lipinski definition) is 4. The summed E-state index contributed by atoms with van der Waals surface area (Å²) < 4.78 is 15.6. The summed E-state index contributed by atoms with van der Waals surface area (Å²) in [5, 5.41) is 14.0. The molecule has 23 heavy (non-hydrogen) atoms. The summed E-state index contributed by atoms with van der Waals surface area (Å²) in [6.45, 7) is 0. The number of rotatable bonds is 3. The lowest BCUT2D eigenvalue weighted by molar-refractivity contribution is 0.613. The van der Waals surface area contributed by atoms with Crippen molar-refractivity contribution in [2.24, 2.45) is 0 Å². The lowest BCUT2D eigenvalue weighted by Gasteiger charge is -2.02. The van der Waals surface area contributed by atoms with Crippen LogP contribution in [0.1, 0.15) is 10.6 Å². The minimum atomic E-state index is -0.327. The van der Waals surface area contributed by atoms with Gasteiger partial charge in [0.2, 0.25) is 4.96 Å². The SMILES string of the molecule is Fc1cccc(Cl)c1Cc1nn2c(-c3ccccc3)nnc2s1. The molecule has 0 spiro atoms. The Morgan fingerprint density at radius 3 is 2.65 bits per heavy atom. The lowest BCUT2D eigenvalue weighted by atomic mass is 10.1. The van der Waals surface area contributed by atoms with Crippen LogP contribution in [-0.4, -0.2) is 19.8 Å². The van der Waals surface area contributed by atoms with Crippen LogP contribution in [0.15, 0.2) is 48.5 Å². The van der Waals surface area contributed by atoms with Gasteiger partial charge in [-0.1, -0.05) is 59.3 Å². The zero-order valence-corrected chi connectivity index (χ0v) is 13.4. The molecule has 4 aromatic rings. The van der Waals surface area contributed by atoms with Crippen molar-refractivity contribution < 1.29 is 4.39 Å². The predicted octanol–water partition coefficient (Wildman–Crippen LogP) is 4.24. The van der Waals surface area contributed by atoms with E-state index in [1.165, 1.54) is 17.4 Å². The van der Waals surface area contributed by atoms with Crippen LogP contribution in [0.25, 0.3) is 16.3 Å². The van der Waals surface area contributed by atoms with Crippen LogP contribution < -0.4 is 0 Å². The maximum atomic E-state index is 13.9. The molecule has 2 aromatic carbocycles. The monoisotopic (exact) mass is 344 g/mol. The molecular formula is C16H10ClFN4S. The van der Waals surface area contributed by atoms with Crippen molar-refractivity contribution in [1.29, 1.82) is 0 Å². The van der Waals surface area contributed by atoms with Gasteiger partial charge < -0.3 is 0 Å². The summed E-state index contributed by atoms with van der Waals surface area (Å²) in [6, 6.07) is 14.4. The predicted molar refractivity (Wildman–Crippen MR) is 88.3 cm³/mol. The Morgan fingerprint density at radius 2 is 1.87 bits per heavy atom. The molecule has 0 aliphatic heterocycles. The van der Waals surface area contributed by atoms with E-state index in [2.05, 4.69) is 15.3 Å². The highest BCUT2D eigenvalue weighted by Crippen LogP contribution is 2.26. The minimum Gasteiger partial charge on any atom is -0.207 e. The third-order valence-corrected chi connectivity index (χ3v) is 4.71. The van der Waals surface area contributed by atoms with Gasteiger partial charge in [0.1, 0.15) is 10.8 Å². The van der Waals surface area contributed by atoms with Crippen molar-refractivity contribution in [3.63, 3.8) is 0 Å². The van der Waals surface area contributed by atoms with Crippen LogP contribution in [0.4, 0.5) is 4.39 Å². The first kappa shape index (κ1) is 14.3. The molecule has 0 saturated carbocycles. The van der Waals surface area contributed by atoms with E-state index < -0.39 is 0 Å². The topological polar surface area (TPSA) is 43.1 Å². The highest BCUT2D eigenvalue weighted by atomic mass is 35.5. The summed E-state index contributed by atoms with van der Waals surface area (Å²) in [4.78, 5) is 0.673. The molecule has 2 aromatic heterocycles. The fraction of sp³-hybridized carbons (Fsp3) is 0.0625. The zero-order valence-electron chi connectivity index (χ0n) is 11.8. The molecule has 0 unspecified atom stereocenters. The van der Waals surface area contributed by atoms with E-state index in [-0.39, 0.29) is 5.82 Å². The highest BCUT2D eigenvalue weighted by molar-refractivity contribution is 7.16. The third-order valence-electron chi connectivity index (χ3n) is 3.45. The van der Waals surface area contributed by atoms with E-state index in [4.69, 9.17) is 11.6 Å². The second-order valence-electron chi connectivity index (χ2n) is 4.96. The Labute approximate surface area is 140 Å². The van der Waals surface area contributed by atoms with Crippen LogP contribution >= 0.6 is 22.9 Å². The molecule has 0 bridgehead atoms. The van der Waals surface area contributed by atoms with Gasteiger partial charge in [-0.05, 0) is 12.1 Å². The Morgan fingerprint density at radius 1 is 1.04 bits per heavy atom. The van der Waals surface area contributed by atoms with Crippen LogP contribution in [0, 0.1) is 5.82 Å². The molecule has 0 fully saturated rings. The molecule has 0 amide bonds. The van der Waals surface area contributed by atoms with Gasteiger partial charge in [0.25, 0.3) is 0 Å². The Hall–Kier alpha value is -2.31. The van der Waals surface area contributed by atoms with Gasteiger partial charge in [-0.25, -0.2) is 4.39 Å². The molecule has 0 radical (unpaired) electrons. The fourth-order valence-corrected chi connectivity index (χ4v) is 3.42. The number of nitrogens with zero attached hydrogens (tertiary/aromatic N) is 4. The zero-order chi connectivity index (χ0) is 15.8. The first-order chi connectivity index (χ1) is 11.2. The molecule has 0 atom stereocenters. The first-order valence-corrected chi connectivity index (χ1v) is 8.11. The Kier molecular flexibility index (Phi) is 3.55.